The lowest BCUT2D eigenvalue weighted by Gasteiger charge is -2.13. The number of halogens is 2. The summed E-state index contributed by atoms with van der Waals surface area (Å²) >= 11 is 7.48. The van der Waals surface area contributed by atoms with Gasteiger partial charge in [-0.3, -0.25) is 0 Å². The number of hydrogen-bond donors (Lipinski definition) is 1. The molecule has 19 heavy (non-hydrogen) atoms. The topological polar surface area (TPSA) is 12.0 Å². The average Bonchev–Trinajstić information content (AvgIpc) is 2.78. The molecule has 4 heteroatoms. The summed E-state index contributed by atoms with van der Waals surface area (Å²) in [5.74, 6) is -0.171. The SMILES string of the molecule is Cc1cc(F)ccc1CCNC(C)c1csc(Cl)c1. The van der Waals surface area contributed by atoms with Crippen molar-refractivity contribution < 1.29 is 4.39 Å². The molecule has 1 nitrogen and oxygen atoms in total. The number of thiophene rings is 1. The Hall–Kier alpha value is -0.900. The molecule has 0 aliphatic carbocycles. The Bertz CT molecular complexity index is 553. The zero-order chi connectivity index (χ0) is 13.8. The normalized spacial score (nSPS) is 12.6. The number of nitrogens with one attached hydrogen (secondary N) is 1. The molecule has 102 valence electrons. The second-order valence-electron chi connectivity index (χ2n) is 4.68. The van der Waals surface area contributed by atoms with Gasteiger partial charge >= 0.3 is 0 Å². The molecule has 0 fully saturated rings. The van der Waals surface area contributed by atoms with Crippen LogP contribution >= 0.6 is 22.9 Å². The molecule has 0 aliphatic heterocycles. The highest BCUT2D eigenvalue weighted by Gasteiger charge is 2.07. The van der Waals surface area contributed by atoms with Gasteiger partial charge in [0, 0.05) is 6.04 Å². The summed E-state index contributed by atoms with van der Waals surface area (Å²) in [5, 5.41) is 5.53. The molecule has 1 aromatic heterocycles. The van der Waals surface area contributed by atoms with E-state index in [-0.39, 0.29) is 11.9 Å². The predicted molar refractivity (Wildman–Crippen MR) is 80.6 cm³/mol. The number of rotatable bonds is 5. The molecule has 2 rings (SSSR count). The van der Waals surface area contributed by atoms with Crippen molar-refractivity contribution in [1.82, 2.24) is 5.32 Å². The van der Waals surface area contributed by atoms with Crippen molar-refractivity contribution in [3.05, 3.63) is 56.5 Å². The Morgan fingerprint density at radius 2 is 2.16 bits per heavy atom. The molecule has 0 saturated carbocycles. The highest BCUT2D eigenvalue weighted by atomic mass is 35.5. The Kier molecular flexibility index (Phi) is 4.97. The first-order valence-electron chi connectivity index (χ1n) is 6.28. The fourth-order valence-corrected chi connectivity index (χ4v) is 3.02. The van der Waals surface area contributed by atoms with Crippen LogP contribution in [0.4, 0.5) is 4.39 Å². The molecule has 1 aromatic carbocycles. The van der Waals surface area contributed by atoms with Gasteiger partial charge in [-0.05, 0) is 67.1 Å². The molecule has 0 radical (unpaired) electrons. The first kappa shape index (κ1) is 14.5. The van der Waals surface area contributed by atoms with Crippen molar-refractivity contribution in [2.24, 2.45) is 0 Å². The van der Waals surface area contributed by atoms with Gasteiger partial charge in [0.25, 0.3) is 0 Å². The lowest BCUT2D eigenvalue weighted by molar-refractivity contribution is 0.576. The molecule has 1 atom stereocenters. The van der Waals surface area contributed by atoms with Gasteiger partial charge in [0.1, 0.15) is 5.82 Å². The van der Waals surface area contributed by atoms with Gasteiger partial charge in [-0.25, -0.2) is 4.39 Å². The van der Waals surface area contributed by atoms with Crippen LogP contribution in [0.1, 0.15) is 29.7 Å². The Morgan fingerprint density at radius 1 is 1.37 bits per heavy atom. The van der Waals surface area contributed by atoms with Gasteiger partial charge in [-0.2, -0.15) is 0 Å². The van der Waals surface area contributed by atoms with Gasteiger partial charge in [-0.15, -0.1) is 11.3 Å². The van der Waals surface area contributed by atoms with E-state index in [4.69, 9.17) is 11.6 Å². The van der Waals surface area contributed by atoms with Crippen LogP contribution in [0.3, 0.4) is 0 Å². The number of aryl methyl sites for hydroxylation is 1. The van der Waals surface area contributed by atoms with Crippen LogP contribution in [-0.2, 0) is 6.42 Å². The zero-order valence-electron chi connectivity index (χ0n) is 11.0. The lowest BCUT2D eigenvalue weighted by Crippen LogP contribution is -2.21. The van der Waals surface area contributed by atoms with Crippen LogP contribution in [0.25, 0.3) is 0 Å². The van der Waals surface area contributed by atoms with E-state index < -0.39 is 0 Å². The van der Waals surface area contributed by atoms with Crippen LogP contribution in [-0.4, -0.2) is 6.54 Å². The maximum atomic E-state index is 13.0. The molecule has 0 bridgehead atoms. The Balaban J connectivity index is 1.86. The molecular formula is C15H17ClFNS. The van der Waals surface area contributed by atoms with Crippen molar-refractivity contribution in [1.29, 1.82) is 0 Å². The van der Waals surface area contributed by atoms with Crippen molar-refractivity contribution in [2.45, 2.75) is 26.3 Å². The highest BCUT2D eigenvalue weighted by molar-refractivity contribution is 7.14. The summed E-state index contributed by atoms with van der Waals surface area (Å²) in [5.41, 5.74) is 3.41. The van der Waals surface area contributed by atoms with Crippen molar-refractivity contribution in [2.75, 3.05) is 6.54 Å². The molecule has 2 aromatic rings. The van der Waals surface area contributed by atoms with Crippen molar-refractivity contribution in [3.63, 3.8) is 0 Å². The summed E-state index contributed by atoms with van der Waals surface area (Å²) < 4.78 is 13.8. The standard InChI is InChI=1S/C15H17ClFNS/c1-10-7-14(17)4-3-12(10)5-6-18-11(2)13-8-15(16)19-9-13/h3-4,7-9,11,18H,5-6H2,1-2H3. The minimum absolute atomic E-state index is 0.171. The summed E-state index contributed by atoms with van der Waals surface area (Å²) in [4.78, 5) is 0. The second-order valence-corrected chi connectivity index (χ2v) is 6.22. The Labute approximate surface area is 122 Å². The average molecular weight is 298 g/mol. The third-order valence-electron chi connectivity index (χ3n) is 3.24. The summed E-state index contributed by atoms with van der Waals surface area (Å²) in [6.45, 7) is 4.93. The van der Waals surface area contributed by atoms with Crippen LogP contribution in [0.15, 0.2) is 29.6 Å². The van der Waals surface area contributed by atoms with Crippen LogP contribution in [0.5, 0.6) is 0 Å². The summed E-state index contributed by atoms with van der Waals surface area (Å²) in [6.07, 6.45) is 0.897. The van der Waals surface area contributed by atoms with E-state index in [9.17, 15) is 4.39 Å². The molecule has 0 amide bonds. The number of benzene rings is 1. The summed E-state index contributed by atoms with van der Waals surface area (Å²) in [6, 6.07) is 7.23. The van der Waals surface area contributed by atoms with E-state index in [1.807, 2.05) is 19.1 Å². The first-order chi connectivity index (χ1) is 9.06. The fourth-order valence-electron chi connectivity index (χ4n) is 2.03. The maximum absolute atomic E-state index is 13.0. The van der Waals surface area contributed by atoms with E-state index in [2.05, 4.69) is 17.6 Å². The van der Waals surface area contributed by atoms with E-state index in [1.54, 1.807) is 17.4 Å². The van der Waals surface area contributed by atoms with Crippen molar-refractivity contribution >= 4 is 22.9 Å². The van der Waals surface area contributed by atoms with Crippen LogP contribution < -0.4 is 5.32 Å². The first-order valence-corrected chi connectivity index (χ1v) is 7.54. The van der Waals surface area contributed by atoms with E-state index in [1.165, 1.54) is 17.2 Å². The van der Waals surface area contributed by atoms with Gasteiger partial charge < -0.3 is 5.32 Å². The fraction of sp³-hybridized carbons (Fsp3) is 0.333. The minimum atomic E-state index is -0.171. The third kappa shape index (κ3) is 4.03. The van der Waals surface area contributed by atoms with E-state index in [0.717, 1.165) is 22.9 Å². The zero-order valence-corrected chi connectivity index (χ0v) is 12.6. The van der Waals surface area contributed by atoms with Gasteiger partial charge in [0.15, 0.2) is 0 Å². The predicted octanol–water partition coefficient (Wildman–Crippen LogP) is 4.74. The second kappa shape index (κ2) is 6.51. The van der Waals surface area contributed by atoms with Crippen LogP contribution in [0.2, 0.25) is 4.34 Å². The molecule has 0 saturated heterocycles. The molecule has 0 aliphatic rings. The smallest absolute Gasteiger partial charge is 0.123 e. The van der Waals surface area contributed by atoms with Gasteiger partial charge in [0.05, 0.1) is 4.34 Å². The summed E-state index contributed by atoms with van der Waals surface area (Å²) in [7, 11) is 0. The maximum Gasteiger partial charge on any atom is 0.123 e. The lowest BCUT2D eigenvalue weighted by atomic mass is 10.1. The monoisotopic (exact) mass is 297 g/mol. The molecule has 0 spiro atoms. The molecule has 1 heterocycles. The molecule has 1 N–H and O–H groups in total. The van der Waals surface area contributed by atoms with Crippen molar-refractivity contribution in [3.8, 4) is 0 Å². The Morgan fingerprint density at radius 3 is 2.79 bits per heavy atom. The van der Waals surface area contributed by atoms with Gasteiger partial charge in [-0.1, -0.05) is 17.7 Å². The van der Waals surface area contributed by atoms with E-state index in [0.29, 0.717) is 0 Å². The third-order valence-corrected chi connectivity index (χ3v) is 4.35. The van der Waals surface area contributed by atoms with E-state index >= 15 is 0 Å². The molecule has 1 unspecified atom stereocenters. The van der Waals surface area contributed by atoms with Crippen LogP contribution in [0, 0.1) is 12.7 Å². The quantitative estimate of drug-likeness (QED) is 0.840. The molecular weight excluding hydrogens is 281 g/mol. The highest BCUT2D eigenvalue weighted by Crippen LogP contribution is 2.24. The van der Waals surface area contributed by atoms with Gasteiger partial charge in [0.2, 0.25) is 0 Å². The largest absolute Gasteiger partial charge is 0.310 e. The minimum Gasteiger partial charge on any atom is -0.310 e. The number of hydrogen-bond acceptors (Lipinski definition) is 2.